The maximum absolute atomic E-state index is 12.6. The first-order valence-corrected chi connectivity index (χ1v) is 9.19. The lowest BCUT2D eigenvalue weighted by molar-refractivity contribution is -0.123. The summed E-state index contributed by atoms with van der Waals surface area (Å²) < 4.78 is 0. The SMILES string of the molecule is CCN(CC)CC(=O)NC(CCN(C)C)c1cccc2ccccc12.Cl.Cl. The van der Waals surface area contributed by atoms with Crippen LogP contribution >= 0.6 is 24.8 Å². The van der Waals surface area contributed by atoms with Crippen LogP contribution in [-0.4, -0.2) is 56.0 Å². The molecule has 0 bridgehead atoms. The Hall–Kier alpha value is -1.33. The Bertz CT molecular complexity index is 685. The number of nitrogens with one attached hydrogen (secondary N) is 1. The normalized spacial score (nSPS) is 11.8. The highest BCUT2D eigenvalue weighted by atomic mass is 35.5. The lowest BCUT2D eigenvalue weighted by Gasteiger charge is -2.24. The predicted molar refractivity (Wildman–Crippen MR) is 120 cm³/mol. The molecule has 0 fully saturated rings. The fraction of sp³-hybridized carbons (Fsp3) is 0.476. The molecule has 2 rings (SSSR count). The standard InChI is InChI=1S/C21H31N3O.2ClH/c1-5-24(6-2)16-21(25)22-20(14-15-23(3)4)19-13-9-11-17-10-7-8-12-18(17)19;;/h7-13,20H,5-6,14-16H2,1-4H3,(H,22,25);2*1H. The van der Waals surface area contributed by atoms with Crippen molar-refractivity contribution in [3.8, 4) is 0 Å². The number of amides is 1. The van der Waals surface area contributed by atoms with Crippen molar-refractivity contribution in [3.63, 3.8) is 0 Å². The Balaban J connectivity index is 0.00000338. The second kappa shape index (κ2) is 12.9. The molecule has 2 aromatic carbocycles. The second-order valence-electron chi connectivity index (χ2n) is 6.74. The summed E-state index contributed by atoms with van der Waals surface area (Å²) in [6.07, 6.45) is 0.894. The van der Waals surface area contributed by atoms with Crippen LogP contribution in [-0.2, 0) is 4.79 Å². The summed E-state index contributed by atoms with van der Waals surface area (Å²) in [5, 5.41) is 5.71. The van der Waals surface area contributed by atoms with Crippen LogP contribution in [0.1, 0.15) is 31.9 Å². The van der Waals surface area contributed by atoms with Crippen LogP contribution in [0.15, 0.2) is 42.5 Å². The van der Waals surface area contributed by atoms with Crippen molar-refractivity contribution in [2.45, 2.75) is 26.3 Å². The summed E-state index contributed by atoms with van der Waals surface area (Å²) in [4.78, 5) is 16.9. The van der Waals surface area contributed by atoms with E-state index < -0.39 is 0 Å². The highest BCUT2D eigenvalue weighted by Crippen LogP contribution is 2.26. The summed E-state index contributed by atoms with van der Waals surface area (Å²) in [7, 11) is 4.13. The zero-order chi connectivity index (χ0) is 18.2. The van der Waals surface area contributed by atoms with Gasteiger partial charge in [-0.05, 0) is 56.5 Å². The van der Waals surface area contributed by atoms with E-state index in [0.717, 1.165) is 26.1 Å². The molecule has 0 aromatic heterocycles. The summed E-state index contributed by atoms with van der Waals surface area (Å²) >= 11 is 0. The monoisotopic (exact) mass is 413 g/mol. The van der Waals surface area contributed by atoms with Gasteiger partial charge in [0.2, 0.25) is 5.91 Å². The van der Waals surface area contributed by atoms with Gasteiger partial charge < -0.3 is 10.2 Å². The maximum atomic E-state index is 12.6. The number of nitrogens with zero attached hydrogens (tertiary/aromatic N) is 2. The minimum absolute atomic E-state index is 0. The minimum Gasteiger partial charge on any atom is -0.348 e. The van der Waals surface area contributed by atoms with Crippen LogP contribution in [0.5, 0.6) is 0 Å². The molecule has 1 atom stereocenters. The van der Waals surface area contributed by atoms with Crippen LogP contribution in [0.25, 0.3) is 10.8 Å². The summed E-state index contributed by atoms with van der Waals surface area (Å²) in [5.74, 6) is 0.0976. The quantitative estimate of drug-likeness (QED) is 0.670. The molecule has 0 spiro atoms. The van der Waals surface area contributed by atoms with E-state index in [1.54, 1.807) is 0 Å². The molecular formula is C21H33Cl2N3O. The largest absolute Gasteiger partial charge is 0.348 e. The zero-order valence-electron chi connectivity index (χ0n) is 16.8. The Labute approximate surface area is 176 Å². The second-order valence-corrected chi connectivity index (χ2v) is 6.74. The number of halogens is 2. The maximum Gasteiger partial charge on any atom is 0.234 e. The van der Waals surface area contributed by atoms with Gasteiger partial charge in [-0.2, -0.15) is 0 Å². The van der Waals surface area contributed by atoms with E-state index in [1.165, 1.54) is 16.3 Å². The molecule has 0 saturated carbocycles. The number of rotatable bonds is 9. The van der Waals surface area contributed by atoms with Crippen molar-refractivity contribution in [3.05, 3.63) is 48.0 Å². The molecule has 0 aliphatic heterocycles. The topological polar surface area (TPSA) is 35.6 Å². The van der Waals surface area contributed by atoms with Crippen molar-refractivity contribution in [2.75, 3.05) is 40.3 Å². The molecule has 1 N–H and O–H groups in total. The zero-order valence-corrected chi connectivity index (χ0v) is 18.4. The third-order valence-electron chi connectivity index (χ3n) is 4.66. The Kier molecular flexibility index (Phi) is 12.3. The first kappa shape index (κ1) is 25.7. The fourth-order valence-electron chi connectivity index (χ4n) is 3.14. The van der Waals surface area contributed by atoms with Crippen molar-refractivity contribution < 1.29 is 4.79 Å². The average Bonchev–Trinajstić information content (AvgIpc) is 2.62. The average molecular weight is 414 g/mol. The third kappa shape index (κ3) is 7.67. The van der Waals surface area contributed by atoms with Gasteiger partial charge in [-0.1, -0.05) is 56.3 Å². The van der Waals surface area contributed by atoms with Gasteiger partial charge in [0.25, 0.3) is 0 Å². The van der Waals surface area contributed by atoms with Crippen LogP contribution in [0, 0.1) is 0 Å². The number of benzene rings is 2. The molecule has 0 heterocycles. The van der Waals surface area contributed by atoms with E-state index in [2.05, 4.69) is 85.5 Å². The van der Waals surface area contributed by atoms with Gasteiger partial charge in [0.1, 0.15) is 0 Å². The van der Waals surface area contributed by atoms with E-state index in [-0.39, 0.29) is 36.8 Å². The van der Waals surface area contributed by atoms with Crippen molar-refractivity contribution in [2.24, 2.45) is 0 Å². The van der Waals surface area contributed by atoms with Crippen LogP contribution < -0.4 is 5.32 Å². The summed E-state index contributed by atoms with van der Waals surface area (Å²) in [6, 6.07) is 14.8. The van der Waals surface area contributed by atoms with Crippen molar-refractivity contribution in [1.29, 1.82) is 0 Å². The third-order valence-corrected chi connectivity index (χ3v) is 4.66. The summed E-state index contributed by atoms with van der Waals surface area (Å²) in [5.41, 5.74) is 1.20. The van der Waals surface area contributed by atoms with Gasteiger partial charge in [-0.15, -0.1) is 24.8 Å². The smallest absolute Gasteiger partial charge is 0.234 e. The fourth-order valence-corrected chi connectivity index (χ4v) is 3.14. The van der Waals surface area contributed by atoms with E-state index in [9.17, 15) is 4.79 Å². The van der Waals surface area contributed by atoms with Crippen LogP contribution in [0.2, 0.25) is 0 Å². The highest BCUT2D eigenvalue weighted by molar-refractivity contribution is 5.87. The van der Waals surface area contributed by atoms with E-state index in [4.69, 9.17) is 0 Å². The van der Waals surface area contributed by atoms with Gasteiger partial charge in [-0.3, -0.25) is 9.69 Å². The minimum atomic E-state index is 0. The van der Waals surface area contributed by atoms with Gasteiger partial charge in [0.05, 0.1) is 12.6 Å². The highest BCUT2D eigenvalue weighted by Gasteiger charge is 2.18. The number of hydrogen-bond acceptors (Lipinski definition) is 3. The van der Waals surface area contributed by atoms with Crippen LogP contribution in [0.4, 0.5) is 0 Å². The van der Waals surface area contributed by atoms with Gasteiger partial charge in [0, 0.05) is 0 Å². The van der Waals surface area contributed by atoms with Crippen molar-refractivity contribution in [1.82, 2.24) is 15.1 Å². The predicted octanol–water partition coefficient (Wildman–Crippen LogP) is 4.13. The molecule has 4 nitrogen and oxygen atoms in total. The lowest BCUT2D eigenvalue weighted by atomic mass is 9.96. The molecule has 1 unspecified atom stereocenters. The molecule has 27 heavy (non-hydrogen) atoms. The van der Waals surface area contributed by atoms with Gasteiger partial charge >= 0.3 is 0 Å². The summed E-state index contributed by atoms with van der Waals surface area (Å²) in [6.45, 7) is 7.34. The van der Waals surface area contributed by atoms with E-state index >= 15 is 0 Å². The first-order valence-electron chi connectivity index (χ1n) is 9.19. The number of carbonyl (C=O) groups excluding carboxylic acids is 1. The Morgan fingerprint density at radius 1 is 1.00 bits per heavy atom. The van der Waals surface area contributed by atoms with E-state index in [0.29, 0.717) is 6.54 Å². The molecule has 152 valence electrons. The lowest BCUT2D eigenvalue weighted by Crippen LogP contribution is -2.39. The Morgan fingerprint density at radius 3 is 2.26 bits per heavy atom. The molecule has 0 aliphatic rings. The number of carbonyl (C=O) groups is 1. The van der Waals surface area contributed by atoms with Gasteiger partial charge in [-0.25, -0.2) is 0 Å². The molecule has 6 heteroatoms. The Morgan fingerprint density at radius 2 is 1.63 bits per heavy atom. The number of likely N-dealkylation sites (N-methyl/N-ethyl adjacent to an activating group) is 1. The van der Waals surface area contributed by atoms with Gasteiger partial charge in [0.15, 0.2) is 0 Å². The number of hydrogen-bond donors (Lipinski definition) is 1. The first-order chi connectivity index (χ1) is 12.0. The van der Waals surface area contributed by atoms with E-state index in [1.807, 2.05) is 0 Å². The molecule has 0 radical (unpaired) electrons. The van der Waals surface area contributed by atoms with Crippen molar-refractivity contribution >= 4 is 41.5 Å². The molecular weight excluding hydrogens is 381 g/mol. The van der Waals surface area contributed by atoms with Crippen LogP contribution in [0.3, 0.4) is 0 Å². The molecule has 0 aliphatic carbocycles. The molecule has 1 amide bonds. The number of fused-ring (bicyclic) bond motifs is 1. The molecule has 0 saturated heterocycles. The molecule has 2 aromatic rings.